The first-order valence-corrected chi connectivity index (χ1v) is 11.3. The number of aliphatic hydroxyl groups is 1. The van der Waals surface area contributed by atoms with E-state index in [1.165, 1.54) is 18.3 Å². The highest BCUT2D eigenvalue weighted by Gasteiger charge is 2.34. The number of nitrogens with zero attached hydrogens (tertiary/aromatic N) is 3. The van der Waals surface area contributed by atoms with E-state index in [0.717, 1.165) is 11.3 Å². The van der Waals surface area contributed by atoms with Crippen LogP contribution in [0.2, 0.25) is 0 Å². The van der Waals surface area contributed by atoms with Gasteiger partial charge in [-0.15, -0.1) is 0 Å². The highest BCUT2D eigenvalue weighted by Crippen LogP contribution is 2.31. The first-order chi connectivity index (χ1) is 17.4. The topological polar surface area (TPSA) is 126 Å². The van der Waals surface area contributed by atoms with Crippen LogP contribution in [-0.4, -0.2) is 71.1 Å². The number of likely N-dealkylation sites (N-methyl/N-ethyl adjacent to an activating group) is 1. The molecule has 0 spiro atoms. The number of fused-ring (bicyclic) bond motifs is 1. The fraction of sp³-hybridized carbons (Fsp3) is 0.269. The van der Waals surface area contributed by atoms with E-state index < -0.39 is 5.60 Å². The van der Waals surface area contributed by atoms with Gasteiger partial charge in [0.1, 0.15) is 23.8 Å². The highest BCUT2D eigenvalue weighted by atomic mass is 16.5. The molecule has 1 amide bonds. The molecule has 0 unspecified atom stereocenters. The summed E-state index contributed by atoms with van der Waals surface area (Å²) in [6, 6.07) is 13.0. The minimum Gasteiger partial charge on any atom is -0.493 e. The minimum atomic E-state index is -1.08. The molecule has 10 nitrogen and oxygen atoms in total. The van der Waals surface area contributed by atoms with E-state index >= 15 is 0 Å². The lowest BCUT2D eigenvalue weighted by Gasteiger charge is -2.30. The number of benzene rings is 1. The lowest BCUT2D eigenvalue weighted by molar-refractivity contribution is -0.140. The number of hydrogen-bond acceptors (Lipinski definition) is 9. The Kier molecular flexibility index (Phi) is 6.33. The zero-order chi connectivity index (χ0) is 25.1. The van der Waals surface area contributed by atoms with Crippen LogP contribution in [-0.2, 0) is 4.74 Å². The summed E-state index contributed by atoms with van der Waals surface area (Å²) in [4.78, 5) is 22.9. The van der Waals surface area contributed by atoms with Crippen molar-refractivity contribution < 1.29 is 29.2 Å². The van der Waals surface area contributed by atoms with E-state index in [1.54, 1.807) is 18.2 Å². The number of carbonyl (C=O) groups excluding carboxylic acids is 1. The summed E-state index contributed by atoms with van der Waals surface area (Å²) in [5.74, 6) is 6.55. The number of carbonyl (C=O) groups is 1. The number of nitrogens with one attached hydrogen (secondary N) is 1. The fourth-order valence-electron chi connectivity index (χ4n) is 3.77. The molecule has 184 valence electrons. The first kappa shape index (κ1) is 23.4. The van der Waals surface area contributed by atoms with Gasteiger partial charge in [-0.05, 0) is 24.3 Å². The van der Waals surface area contributed by atoms with Crippen LogP contribution in [0.3, 0.4) is 0 Å². The zero-order valence-corrected chi connectivity index (χ0v) is 19.5. The lowest BCUT2D eigenvalue weighted by Crippen LogP contribution is -2.48. The van der Waals surface area contributed by atoms with E-state index in [9.17, 15) is 15.0 Å². The molecule has 4 heterocycles. The predicted molar refractivity (Wildman–Crippen MR) is 129 cm³/mol. The van der Waals surface area contributed by atoms with E-state index in [1.807, 2.05) is 30.1 Å². The van der Waals surface area contributed by atoms with Gasteiger partial charge in [0.2, 0.25) is 11.8 Å². The van der Waals surface area contributed by atoms with E-state index in [2.05, 4.69) is 27.1 Å². The van der Waals surface area contributed by atoms with Crippen LogP contribution in [0.4, 0.5) is 5.69 Å². The monoisotopic (exact) mass is 488 g/mol. The second-order valence-electron chi connectivity index (χ2n) is 8.63. The third-order valence-electron chi connectivity index (χ3n) is 5.66. The molecule has 0 saturated carbocycles. The van der Waals surface area contributed by atoms with Crippen LogP contribution in [0, 0.1) is 11.8 Å². The van der Waals surface area contributed by atoms with Crippen molar-refractivity contribution in [2.75, 3.05) is 38.3 Å². The molecule has 5 rings (SSSR count). The Bertz CT molecular complexity index is 1350. The number of rotatable bonds is 4. The molecule has 0 radical (unpaired) electrons. The van der Waals surface area contributed by atoms with Crippen molar-refractivity contribution in [2.24, 2.45) is 0 Å². The maximum Gasteiger partial charge on any atom is 0.270 e. The van der Waals surface area contributed by atoms with Crippen molar-refractivity contribution >= 4 is 11.6 Å². The minimum absolute atomic E-state index is 0.164. The molecule has 3 aromatic rings. The first-order valence-electron chi connectivity index (χ1n) is 11.3. The summed E-state index contributed by atoms with van der Waals surface area (Å²) in [6.07, 6.45) is 1.47. The van der Waals surface area contributed by atoms with Gasteiger partial charge in [-0.3, -0.25) is 9.78 Å². The Hall–Kier alpha value is -4.33. The van der Waals surface area contributed by atoms with Crippen molar-refractivity contribution in [2.45, 2.75) is 11.6 Å². The number of aromatic hydroxyl groups is 1. The number of aromatic nitrogens is 2. The van der Waals surface area contributed by atoms with Gasteiger partial charge in [-0.25, -0.2) is 0 Å². The molecule has 0 aliphatic carbocycles. The van der Waals surface area contributed by atoms with Gasteiger partial charge < -0.3 is 34.6 Å². The molecule has 2 aliphatic rings. The average molecular weight is 489 g/mol. The number of amides is 1. The summed E-state index contributed by atoms with van der Waals surface area (Å²) < 4.78 is 16.6. The predicted octanol–water partition coefficient (Wildman–Crippen LogP) is 1.71. The van der Waals surface area contributed by atoms with Crippen LogP contribution in [0.15, 0.2) is 54.7 Å². The van der Waals surface area contributed by atoms with Gasteiger partial charge >= 0.3 is 0 Å². The summed E-state index contributed by atoms with van der Waals surface area (Å²) in [5.41, 5.74) is 0.671. The quantitative estimate of drug-likeness (QED) is 0.471. The van der Waals surface area contributed by atoms with Gasteiger partial charge in [0.25, 0.3) is 5.91 Å². The molecule has 1 aromatic carbocycles. The van der Waals surface area contributed by atoms with Gasteiger partial charge in [0.15, 0.2) is 5.60 Å². The van der Waals surface area contributed by atoms with Crippen LogP contribution < -0.4 is 19.7 Å². The molecule has 2 aliphatic heterocycles. The molecule has 36 heavy (non-hydrogen) atoms. The van der Waals surface area contributed by atoms with Crippen LogP contribution in [0.1, 0.15) is 16.1 Å². The summed E-state index contributed by atoms with van der Waals surface area (Å²) in [6.45, 7) is 1.20. The standard InChI is InChI=1S/C26H24N4O6/c1-30-13-18(14-35-22-6-5-17(11-21(22)30)7-9-26(33)15-34-16-26)28-25(32)20-12-19(8-10-27-20)36-24-4-2-3-23(31)29-24/h2-6,8,10-12,18,33H,13-16H2,1H3,(H,28,32)(H,29,31)/t18-/m1/s1. The highest BCUT2D eigenvalue weighted by molar-refractivity contribution is 5.92. The summed E-state index contributed by atoms with van der Waals surface area (Å²) in [5, 5.41) is 22.6. The van der Waals surface area contributed by atoms with Gasteiger partial charge in [-0.1, -0.05) is 17.9 Å². The van der Waals surface area contributed by atoms with Gasteiger partial charge in [0.05, 0.1) is 24.9 Å². The lowest BCUT2D eigenvalue weighted by atomic mass is 10.0. The number of anilines is 1. The molecular formula is C26H24N4O6. The number of ether oxygens (including phenoxy) is 3. The summed E-state index contributed by atoms with van der Waals surface area (Å²) in [7, 11) is 1.91. The summed E-state index contributed by atoms with van der Waals surface area (Å²) >= 11 is 0. The molecule has 1 fully saturated rings. The van der Waals surface area contributed by atoms with E-state index in [0.29, 0.717) is 18.0 Å². The van der Waals surface area contributed by atoms with Gasteiger partial charge in [-0.2, -0.15) is 4.98 Å². The maximum absolute atomic E-state index is 12.9. The maximum atomic E-state index is 12.9. The Balaban J connectivity index is 1.24. The van der Waals surface area contributed by atoms with Crippen LogP contribution >= 0.6 is 0 Å². The normalized spacial score (nSPS) is 17.8. The van der Waals surface area contributed by atoms with Crippen LogP contribution in [0.5, 0.6) is 23.3 Å². The Labute approximate surface area is 207 Å². The second kappa shape index (κ2) is 9.73. The van der Waals surface area contributed by atoms with Crippen molar-refractivity contribution in [3.63, 3.8) is 0 Å². The SMILES string of the molecule is CN1C[C@@H](NC(=O)c2cc(Oc3cccc(O)n3)ccn2)COc2ccc(C#CC3(O)COC3)cc21. The fourth-order valence-corrected chi connectivity index (χ4v) is 3.77. The Morgan fingerprint density at radius 2 is 2.11 bits per heavy atom. The van der Waals surface area contributed by atoms with E-state index in [-0.39, 0.29) is 49.2 Å². The molecule has 3 N–H and O–H groups in total. The zero-order valence-electron chi connectivity index (χ0n) is 19.5. The molecular weight excluding hydrogens is 464 g/mol. The largest absolute Gasteiger partial charge is 0.493 e. The third kappa shape index (κ3) is 5.33. The molecule has 0 bridgehead atoms. The molecule has 1 atom stereocenters. The van der Waals surface area contributed by atoms with Crippen molar-refractivity contribution in [3.05, 3.63) is 66.0 Å². The van der Waals surface area contributed by atoms with Crippen LogP contribution in [0.25, 0.3) is 0 Å². The third-order valence-corrected chi connectivity index (χ3v) is 5.66. The van der Waals surface area contributed by atoms with Gasteiger partial charge in [0, 0.05) is 43.6 Å². The van der Waals surface area contributed by atoms with Crippen molar-refractivity contribution in [3.8, 4) is 35.1 Å². The smallest absolute Gasteiger partial charge is 0.270 e. The number of pyridine rings is 2. The molecule has 1 saturated heterocycles. The molecule has 2 aromatic heterocycles. The number of hydrogen-bond donors (Lipinski definition) is 3. The van der Waals surface area contributed by atoms with Crippen molar-refractivity contribution in [1.82, 2.24) is 15.3 Å². The van der Waals surface area contributed by atoms with Crippen molar-refractivity contribution in [1.29, 1.82) is 0 Å². The second-order valence-corrected chi connectivity index (χ2v) is 8.63. The molecule has 10 heteroatoms. The Morgan fingerprint density at radius 1 is 1.25 bits per heavy atom. The Morgan fingerprint density at radius 3 is 2.89 bits per heavy atom. The average Bonchev–Trinajstić information content (AvgIpc) is 3.00. The van der Waals surface area contributed by atoms with E-state index in [4.69, 9.17) is 14.2 Å².